The van der Waals surface area contributed by atoms with Crippen LogP contribution < -0.4 is 0 Å². The van der Waals surface area contributed by atoms with Crippen LogP contribution in [0.3, 0.4) is 0 Å². The van der Waals surface area contributed by atoms with E-state index in [4.69, 9.17) is 0 Å². The summed E-state index contributed by atoms with van der Waals surface area (Å²) in [4.78, 5) is 0. The SMILES string of the molecule is F/C(=C(/Br)C(F)F)C(F)(F)C(F)(F)F. The lowest BCUT2D eigenvalue weighted by Gasteiger charge is -2.18. The number of rotatable bonds is 2. The molecule has 0 aliphatic heterocycles. The zero-order valence-electron chi connectivity index (χ0n) is 5.98. The predicted octanol–water partition coefficient (Wildman–Crippen LogP) is 4.03. The third-order valence-corrected chi connectivity index (χ3v) is 1.73. The van der Waals surface area contributed by atoms with Crippen LogP contribution in [-0.2, 0) is 0 Å². The van der Waals surface area contributed by atoms with Crippen LogP contribution in [0.5, 0.6) is 0 Å². The van der Waals surface area contributed by atoms with Crippen molar-refractivity contribution in [1.82, 2.24) is 0 Å². The molecule has 0 rings (SSSR count). The minimum atomic E-state index is -6.25. The summed E-state index contributed by atoms with van der Waals surface area (Å²) in [6.07, 6.45) is -10.0. The fraction of sp³-hybridized carbons (Fsp3) is 0.600. The standard InChI is InChI=1S/C5HBrF8/c6-1(3(8)9)2(7)4(10,11)5(12,13)14/h3H/b2-1+. The minimum absolute atomic E-state index is 1.61. The summed E-state index contributed by atoms with van der Waals surface area (Å²) >= 11 is 1.61. The second-order valence-electron chi connectivity index (χ2n) is 2.03. The van der Waals surface area contributed by atoms with Crippen molar-refractivity contribution in [3.63, 3.8) is 0 Å². The molecular weight excluding hydrogens is 292 g/mol. The lowest BCUT2D eigenvalue weighted by Crippen LogP contribution is -2.37. The van der Waals surface area contributed by atoms with Gasteiger partial charge in [-0.15, -0.1) is 0 Å². The largest absolute Gasteiger partial charge is 0.460 e. The molecule has 0 bridgehead atoms. The Morgan fingerprint density at radius 3 is 1.57 bits per heavy atom. The number of hydrogen-bond donors (Lipinski definition) is 0. The molecule has 0 N–H and O–H groups in total. The number of alkyl halides is 7. The van der Waals surface area contributed by atoms with Crippen LogP contribution >= 0.6 is 15.9 Å². The molecule has 0 aliphatic rings. The molecule has 0 amide bonds. The maximum atomic E-state index is 12.2. The Hall–Kier alpha value is -0.340. The number of allylic oxidation sites excluding steroid dienone is 2. The van der Waals surface area contributed by atoms with Gasteiger partial charge in [-0.05, 0) is 15.9 Å². The first kappa shape index (κ1) is 13.7. The van der Waals surface area contributed by atoms with Gasteiger partial charge in [-0.1, -0.05) is 0 Å². The fourth-order valence-electron chi connectivity index (χ4n) is 0.370. The summed E-state index contributed by atoms with van der Waals surface area (Å²) in [6.45, 7) is 0. The molecule has 0 unspecified atom stereocenters. The predicted molar refractivity (Wildman–Crippen MR) is 34.1 cm³/mol. The van der Waals surface area contributed by atoms with E-state index < -0.39 is 28.8 Å². The number of hydrogen-bond acceptors (Lipinski definition) is 0. The molecule has 0 spiro atoms. The molecule has 0 aromatic rings. The molecule has 0 nitrogen and oxygen atoms in total. The van der Waals surface area contributed by atoms with Gasteiger partial charge < -0.3 is 0 Å². The van der Waals surface area contributed by atoms with Crippen LogP contribution in [0.4, 0.5) is 35.1 Å². The van der Waals surface area contributed by atoms with Crippen molar-refractivity contribution in [2.45, 2.75) is 18.5 Å². The average molecular weight is 293 g/mol. The highest BCUT2D eigenvalue weighted by Crippen LogP contribution is 2.44. The van der Waals surface area contributed by atoms with Gasteiger partial charge in [-0.2, -0.15) is 22.0 Å². The Morgan fingerprint density at radius 1 is 1.00 bits per heavy atom. The Kier molecular flexibility index (Phi) is 3.93. The van der Waals surface area contributed by atoms with Crippen LogP contribution in [0.2, 0.25) is 0 Å². The molecule has 0 aliphatic carbocycles. The van der Waals surface area contributed by atoms with Gasteiger partial charge in [0.05, 0.1) is 4.48 Å². The van der Waals surface area contributed by atoms with Crippen LogP contribution in [0.25, 0.3) is 0 Å². The van der Waals surface area contributed by atoms with Gasteiger partial charge in [-0.25, -0.2) is 13.2 Å². The van der Waals surface area contributed by atoms with Crippen molar-refractivity contribution in [1.29, 1.82) is 0 Å². The lowest BCUT2D eigenvalue weighted by atomic mass is 10.2. The topological polar surface area (TPSA) is 0 Å². The Bertz CT molecular complexity index is 239. The molecule has 0 radical (unpaired) electrons. The van der Waals surface area contributed by atoms with E-state index in [-0.39, 0.29) is 0 Å². The molecule has 14 heavy (non-hydrogen) atoms. The van der Waals surface area contributed by atoms with Crippen molar-refractivity contribution < 1.29 is 35.1 Å². The molecular formula is C5HBrF8. The first-order valence-electron chi connectivity index (χ1n) is 2.80. The fourth-order valence-corrected chi connectivity index (χ4v) is 0.619. The molecule has 0 fully saturated rings. The first-order valence-corrected chi connectivity index (χ1v) is 3.59. The van der Waals surface area contributed by atoms with Gasteiger partial charge in [0.1, 0.15) is 0 Å². The van der Waals surface area contributed by atoms with Crippen molar-refractivity contribution in [2.75, 3.05) is 0 Å². The minimum Gasteiger partial charge on any atom is -0.204 e. The van der Waals surface area contributed by atoms with Crippen LogP contribution in [-0.4, -0.2) is 18.5 Å². The molecule has 0 saturated heterocycles. The third kappa shape index (κ3) is 2.58. The highest BCUT2D eigenvalue weighted by Gasteiger charge is 2.62. The van der Waals surface area contributed by atoms with E-state index in [1.54, 1.807) is 15.9 Å². The Labute approximate surface area is 80.7 Å². The van der Waals surface area contributed by atoms with E-state index in [1.807, 2.05) is 0 Å². The quantitative estimate of drug-likeness (QED) is 0.674. The summed E-state index contributed by atoms with van der Waals surface area (Å²) in [6, 6.07) is 0. The summed E-state index contributed by atoms with van der Waals surface area (Å²) in [5.74, 6) is -9.15. The van der Waals surface area contributed by atoms with E-state index >= 15 is 0 Å². The smallest absolute Gasteiger partial charge is 0.204 e. The molecule has 0 aromatic heterocycles. The van der Waals surface area contributed by atoms with Crippen LogP contribution in [0.1, 0.15) is 0 Å². The molecule has 0 heterocycles. The van der Waals surface area contributed by atoms with E-state index in [0.717, 1.165) is 0 Å². The summed E-state index contributed by atoms with van der Waals surface area (Å²) in [7, 11) is 0. The Balaban J connectivity index is 5.22. The van der Waals surface area contributed by atoms with Crippen molar-refractivity contribution in [3.8, 4) is 0 Å². The molecule has 9 heteroatoms. The monoisotopic (exact) mass is 292 g/mol. The second kappa shape index (κ2) is 4.03. The molecule has 0 atom stereocenters. The lowest BCUT2D eigenvalue weighted by molar-refractivity contribution is -0.270. The second-order valence-corrected chi connectivity index (χ2v) is 2.89. The van der Waals surface area contributed by atoms with Crippen LogP contribution in [0.15, 0.2) is 10.3 Å². The van der Waals surface area contributed by atoms with E-state index in [2.05, 4.69) is 0 Å². The maximum absolute atomic E-state index is 12.2. The van der Waals surface area contributed by atoms with Gasteiger partial charge in [0.2, 0.25) is 0 Å². The zero-order valence-corrected chi connectivity index (χ0v) is 7.57. The first-order chi connectivity index (χ1) is 6.01. The summed E-state index contributed by atoms with van der Waals surface area (Å²) in [5, 5.41) is 0. The van der Waals surface area contributed by atoms with E-state index in [9.17, 15) is 35.1 Å². The summed E-state index contributed by atoms with van der Waals surface area (Å²) < 4.78 is 91.5. The Morgan fingerprint density at radius 2 is 1.36 bits per heavy atom. The van der Waals surface area contributed by atoms with Crippen molar-refractivity contribution >= 4 is 15.9 Å². The van der Waals surface area contributed by atoms with Crippen molar-refractivity contribution in [3.05, 3.63) is 10.3 Å². The van der Waals surface area contributed by atoms with Gasteiger partial charge in [-0.3, -0.25) is 0 Å². The zero-order chi connectivity index (χ0) is 11.7. The highest BCUT2D eigenvalue weighted by molar-refractivity contribution is 9.11. The molecule has 0 aromatic carbocycles. The van der Waals surface area contributed by atoms with Gasteiger partial charge in [0, 0.05) is 0 Å². The average Bonchev–Trinajstić information content (AvgIpc) is 1.99. The third-order valence-electron chi connectivity index (χ3n) is 1.03. The van der Waals surface area contributed by atoms with Gasteiger partial charge >= 0.3 is 12.1 Å². The maximum Gasteiger partial charge on any atom is 0.460 e. The summed E-state index contributed by atoms with van der Waals surface area (Å²) in [5.41, 5.74) is 0. The number of halogens is 9. The van der Waals surface area contributed by atoms with Gasteiger partial charge in [0.15, 0.2) is 5.83 Å². The van der Waals surface area contributed by atoms with Crippen LogP contribution in [0, 0.1) is 0 Å². The van der Waals surface area contributed by atoms with Crippen molar-refractivity contribution in [2.24, 2.45) is 0 Å². The molecule has 0 saturated carbocycles. The highest BCUT2D eigenvalue weighted by atomic mass is 79.9. The normalized spacial score (nSPS) is 15.9. The van der Waals surface area contributed by atoms with E-state index in [1.165, 1.54) is 0 Å². The van der Waals surface area contributed by atoms with E-state index in [0.29, 0.717) is 0 Å². The molecule has 84 valence electrons. The van der Waals surface area contributed by atoms with Gasteiger partial charge in [0.25, 0.3) is 6.43 Å².